The number of carbonyl (C=O) groups excluding carboxylic acids is 2. The minimum Gasteiger partial charge on any atom is -0.481 e. The van der Waals surface area contributed by atoms with Gasteiger partial charge in [0.25, 0.3) is 5.91 Å². The second-order valence-corrected chi connectivity index (χ2v) is 7.54. The Hall–Kier alpha value is -2.63. The molecule has 136 valence electrons. The van der Waals surface area contributed by atoms with Crippen LogP contribution in [0.3, 0.4) is 0 Å². The van der Waals surface area contributed by atoms with Gasteiger partial charge in [-0.05, 0) is 42.5 Å². The fourth-order valence-corrected chi connectivity index (χ4v) is 4.66. The second-order valence-electron chi connectivity index (χ2n) is 7.54. The molecule has 1 N–H and O–H groups in total. The lowest BCUT2D eigenvalue weighted by atomic mass is 9.81. The number of nitrogens with zero attached hydrogens (tertiary/aromatic N) is 2. The molecule has 1 aromatic carbocycles. The molecule has 0 aromatic heterocycles. The van der Waals surface area contributed by atoms with Gasteiger partial charge in [0.15, 0.2) is 0 Å². The van der Waals surface area contributed by atoms with Gasteiger partial charge in [-0.15, -0.1) is 6.58 Å². The van der Waals surface area contributed by atoms with E-state index in [0.29, 0.717) is 12.1 Å². The van der Waals surface area contributed by atoms with Gasteiger partial charge in [0.05, 0.1) is 5.92 Å². The summed E-state index contributed by atoms with van der Waals surface area (Å²) in [5.74, 6) is -2.07. The van der Waals surface area contributed by atoms with Crippen molar-refractivity contribution in [3.63, 3.8) is 0 Å². The molecule has 6 heteroatoms. The number of likely N-dealkylation sites (tertiary alicyclic amines) is 2. The topological polar surface area (TPSA) is 77.9 Å². The Morgan fingerprint density at radius 2 is 2.04 bits per heavy atom. The number of hydrogen-bond donors (Lipinski definition) is 1. The number of fused-ring (bicyclic) bond motifs is 2. The number of hydrogen-bond acceptors (Lipinski definition) is 3. The number of rotatable bonds is 4. The zero-order chi connectivity index (χ0) is 18.5. The largest absolute Gasteiger partial charge is 0.481 e. The van der Waals surface area contributed by atoms with Gasteiger partial charge in [-0.2, -0.15) is 0 Å². The Bertz CT molecular complexity index is 818. The van der Waals surface area contributed by atoms with Crippen molar-refractivity contribution in [3.05, 3.63) is 47.5 Å². The van der Waals surface area contributed by atoms with Crippen LogP contribution in [0.1, 0.15) is 27.9 Å². The van der Waals surface area contributed by atoms with Gasteiger partial charge in [0, 0.05) is 31.7 Å². The zero-order valence-electron chi connectivity index (χ0n) is 14.6. The summed E-state index contributed by atoms with van der Waals surface area (Å²) >= 11 is 0. The predicted molar refractivity (Wildman–Crippen MR) is 94.7 cm³/mol. The van der Waals surface area contributed by atoms with Gasteiger partial charge >= 0.3 is 5.97 Å². The molecule has 3 aliphatic rings. The van der Waals surface area contributed by atoms with Crippen LogP contribution in [0.2, 0.25) is 0 Å². The third-order valence-electron chi connectivity index (χ3n) is 6.03. The van der Waals surface area contributed by atoms with Crippen molar-refractivity contribution in [2.45, 2.75) is 19.3 Å². The average Bonchev–Trinajstić information content (AvgIpc) is 3.29. The van der Waals surface area contributed by atoms with E-state index in [0.717, 1.165) is 19.3 Å². The van der Waals surface area contributed by atoms with Crippen LogP contribution in [0.25, 0.3) is 0 Å². The summed E-state index contributed by atoms with van der Waals surface area (Å²) in [6.07, 6.45) is 4.73. The number of amides is 2. The third-order valence-corrected chi connectivity index (χ3v) is 6.03. The van der Waals surface area contributed by atoms with Crippen molar-refractivity contribution in [2.75, 3.05) is 26.2 Å². The minimum absolute atomic E-state index is 0.0717. The first-order valence-electron chi connectivity index (χ1n) is 9.00. The maximum atomic E-state index is 12.9. The van der Waals surface area contributed by atoms with Gasteiger partial charge in [-0.3, -0.25) is 14.4 Å². The molecule has 2 heterocycles. The molecule has 1 aliphatic carbocycles. The van der Waals surface area contributed by atoms with Gasteiger partial charge in [0.2, 0.25) is 5.91 Å². The monoisotopic (exact) mass is 354 g/mol. The summed E-state index contributed by atoms with van der Waals surface area (Å²) < 4.78 is 0. The fourth-order valence-electron chi connectivity index (χ4n) is 4.66. The lowest BCUT2D eigenvalue weighted by Crippen LogP contribution is -2.42. The lowest BCUT2D eigenvalue weighted by molar-refractivity contribution is -0.149. The first-order chi connectivity index (χ1) is 12.5. The molecule has 0 radical (unpaired) electrons. The van der Waals surface area contributed by atoms with Crippen LogP contribution >= 0.6 is 0 Å². The molecule has 4 rings (SSSR count). The molecule has 2 aliphatic heterocycles. The molecule has 2 fully saturated rings. The second kappa shape index (κ2) is 5.97. The smallest absolute Gasteiger partial charge is 0.314 e. The molecule has 2 atom stereocenters. The summed E-state index contributed by atoms with van der Waals surface area (Å²) in [6.45, 7) is 4.33. The van der Waals surface area contributed by atoms with Crippen LogP contribution in [0.5, 0.6) is 0 Å². The first-order valence-corrected chi connectivity index (χ1v) is 9.00. The van der Waals surface area contributed by atoms with E-state index in [-0.39, 0.29) is 31.4 Å². The zero-order valence-corrected chi connectivity index (χ0v) is 14.6. The van der Waals surface area contributed by atoms with E-state index < -0.39 is 17.3 Å². The van der Waals surface area contributed by atoms with Crippen molar-refractivity contribution in [1.29, 1.82) is 0 Å². The van der Waals surface area contributed by atoms with Crippen molar-refractivity contribution in [1.82, 2.24) is 9.80 Å². The van der Waals surface area contributed by atoms with E-state index in [4.69, 9.17) is 0 Å². The normalized spacial score (nSPS) is 26.8. The summed E-state index contributed by atoms with van der Waals surface area (Å²) in [4.78, 5) is 40.7. The van der Waals surface area contributed by atoms with E-state index in [1.54, 1.807) is 11.0 Å². The van der Waals surface area contributed by atoms with Gasteiger partial charge in [-0.1, -0.05) is 12.1 Å². The standard InChI is InChI=1S/C20H22N2O4/c1-2-8-21-11-20(19(25)26)12-22(10-16(20)18(21)24)17(23)15-7-6-13-4-3-5-14(13)9-15/h2,6-7,9,16H,1,3-5,8,10-12H2,(H,25,26)/t16-,20+/m0/s1. The highest BCUT2D eigenvalue weighted by Gasteiger charge is 2.62. The highest BCUT2D eigenvalue weighted by Crippen LogP contribution is 2.44. The number of aryl methyl sites for hydroxylation is 2. The first kappa shape index (κ1) is 16.8. The summed E-state index contributed by atoms with van der Waals surface area (Å²) in [5.41, 5.74) is 1.86. The van der Waals surface area contributed by atoms with Crippen LogP contribution in [-0.2, 0) is 22.4 Å². The molecule has 0 bridgehead atoms. The molecular formula is C20H22N2O4. The molecule has 0 unspecified atom stereocenters. The Morgan fingerprint density at radius 3 is 2.73 bits per heavy atom. The molecule has 0 spiro atoms. The average molecular weight is 354 g/mol. The SMILES string of the molecule is C=CCN1C[C@@]2(C(=O)O)CN(C(=O)c3ccc4c(c3)CCC4)C[C@H]2C1=O. The van der Waals surface area contributed by atoms with Crippen molar-refractivity contribution < 1.29 is 19.5 Å². The molecule has 2 saturated heterocycles. The van der Waals surface area contributed by atoms with Crippen LogP contribution in [0, 0.1) is 11.3 Å². The highest BCUT2D eigenvalue weighted by atomic mass is 16.4. The molecular weight excluding hydrogens is 332 g/mol. The maximum absolute atomic E-state index is 12.9. The quantitative estimate of drug-likeness (QED) is 0.828. The van der Waals surface area contributed by atoms with E-state index in [1.807, 2.05) is 18.2 Å². The minimum atomic E-state index is -1.22. The molecule has 2 amide bonds. The van der Waals surface area contributed by atoms with E-state index in [9.17, 15) is 19.5 Å². The Kier molecular flexibility index (Phi) is 3.86. The highest BCUT2D eigenvalue weighted by molar-refractivity contribution is 5.98. The fraction of sp³-hybridized carbons (Fsp3) is 0.450. The van der Waals surface area contributed by atoms with Gasteiger partial charge < -0.3 is 14.9 Å². The molecule has 6 nitrogen and oxygen atoms in total. The van der Waals surface area contributed by atoms with Crippen molar-refractivity contribution in [3.8, 4) is 0 Å². The molecule has 26 heavy (non-hydrogen) atoms. The van der Waals surface area contributed by atoms with Crippen LogP contribution in [0.4, 0.5) is 0 Å². The van der Waals surface area contributed by atoms with E-state index >= 15 is 0 Å². The number of carbonyl (C=O) groups is 3. The summed E-state index contributed by atoms with van der Waals surface area (Å²) in [5, 5.41) is 9.83. The number of benzene rings is 1. The maximum Gasteiger partial charge on any atom is 0.314 e. The lowest BCUT2D eigenvalue weighted by Gasteiger charge is -2.25. The predicted octanol–water partition coefficient (Wildman–Crippen LogP) is 1.35. The summed E-state index contributed by atoms with van der Waals surface area (Å²) in [7, 11) is 0. The Labute approximate surface area is 152 Å². The number of aliphatic carboxylic acids is 1. The third kappa shape index (κ3) is 2.35. The van der Waals surface area contributed by atoms with E-state index in [2.05, 4.69) is 6.58 Å². The van der Waals surface area contributed by atoms with Gasteiger partial charge in [0.1, 0.15) is 5.41 Å². The summed E-state index contributed by atoms with van der Waals surface area (Å²) in [6, 6.07) is 5.74. The molecule has 1 aromatic rings. The van der Waals surface area contributed by atoms with Crippen LogP contribution in [0.15, 0.2) is 30.9 Å². The Balaban J connectivity index is 1.59. The number of carboxylic acid groups (broad SMARTS) is 1. The van der Waals surface area contributed by atoms with Crippen molar-refractivity contribution in [2.24, 2.45) is 11.3 Å². The van der Waals surface area contributed by atoms with Crippen molar-refractivity contribution >= 4 is 17.8 Å². The molecule has 0 saturated carbocycles. The Morgan fingerprint density at radius 1 is 1.27 bits per heavy atom. The van der Waals surface area contributed by atoms with E-state index in [1.165, 1.54) is 16.0 Å². The van der Waals surface area contributed by atoms with Crippen LogP contribution in [-0.4, -0.2) is 58.9 Å². The van der Waals surface area contributed by atoms with Gasteiger partial charge in [-0.25, -0.2) is 0 Å². The number of carboxylic acids is 1. The van der Waals surface area contributed by atoms with Crippen LogP contribution < -0.4 is 0 Å².